The minimum Gasteiger partial charge on any atom is -0.482 e. The highest BCUT2D eigenvalue weighted by Crippen LogP contribution is 2.37. The lowest BCUT2D eigenvalue weighted by Crippen LogP contribution is -2.38. The van der Waals surface area contributed by atoms with Gasteiger partial charge >= 0.3 is 0 Å². The number of nitrogens with one attached hydrogen (secondary N) is 1. The van der Waals surface area contributed by atoms with Crippen molar-refractivity contribution < 1.29 is 26.9 Å². The molecular weight excluding hydrogens is 439 g/mol. The molecule has 0 atom stereocenters. The molecule has 2 aromatic carbocycles. The quantitative estimate of drug-likeness (QED) is 0.576. The molecule has 11 heteroatoms. The molecule has 1 amide bonds. The van der Waals surface area contributed by atoms with Crippen LogP contribution in [0.15, 0.2) is 45.8 Å². The molecular formula is C21H21FN4O5S. The highest BCUT2D eigenvalue weighted by atomic mass is 32.2. The van der Waals surface area contributed by atoms with Crippen LogP contribution in [0.2, 0.25) is 0 Å². The van der Waals surface area contributed by atoms with E-state index in [4.69, 9.17) is 9.26 Å². The number of halogens is 1. The predicted octanol–water partition coefficient (Wildman–Crippen LogP) is 2.48. The molecule has 3 aromatic rings. The summed E-state index contributed by atoms with van der Waals surface area (Å²) in [5.74, 6) is 0.371. The molecule has 0 radical (unpaired) electrons. The molecule has 0 unspecified atom stereocenters. The fraction of sp³-hybridized carbons (Fsp3) is 0.286. The van der Waals surface area contributed by atoms with Gasteiger partial charge in [-0.25, -0.2) is 17.5 Å². The third kappa shape index (κ3) is 4.48. The molecule has 1 aliphatic rings. The summed E-state index contributed by atoms with van der Waals surface area (Å²) in [5, 5.41) is 3.88. The number of carbonyl (C=O) groups is 1. The number of fused-ring (bicyclic) bond motifs is 1. The summed E-state index contributed by atoms with van der Waals surface area (Å²) in [6.45, 7) is 3.35. The Hall–Kier alpha value is -3.31. The minimum atomic E-state index is -3.89. The molecule has 1 N–H and O–H groups in total. The first kappa shape index (κ1) is 21.9. The maximum atomic E-state index is 13.1. The molecule has 4 rings (SSSR count). The first-order chi connectivity index (χ1) is 15.3. The van der Waals surface area contributed by atoms with Crippen LogP contribution in [0.1, 0.15) is 29.8 Å². The molecule has 168 valence electrons. The number of rotatable bonds is 7. The van der Waals surface area contributed by atoms with Crippen LogP contribution in [-0.4, -0.2) is 31.1 Å². The molecule has 0 bridgehead atoms. The first-order valence-electron chi connectivity index (χ1n) is 9.90. The zero-order chi connectivity index (χ0) is 22.9. The standard InChI is InChI=1S/C21H21FN4O5S/c1-3-20-24-19(25-31-20)11-26-16-8-13(2)18(9-17(16)30-12-21(26)27)32(28,29)23-10-14-4-6-15(22)7-5-14/h4-9,23H,3,10-12H2,1-2H3. The van der Waals surface area contributed by atoms with Crippen LogP contribution in [0.5, 0.6) is 5.75 Å². The van der Waals surface area contributed by atoms with E-state index in [1.165, 1.54) is 35.2 Å². The third-order valence-corrected chi connectivity index (χ3v) is 6.52. The average molecular weight is 460 g/mol. The number of sulfonamides is 1. The van der Waals surface area contributed by atoms with Crippen molar-refractivity contribution in [2.45, 2.75) is 38.3 Å². The van der Waals surface area contributed by atoms with Gasteiger partial charge in [0.05, 0.1) is 17.1 Å². The van der Waals surface area contributed by atoms with Gasteiger partial charge in [0.1, 0.15) is 11.6 Å². The van der Waals surface area contributed by atoms with Gasteiger partial charge in [-0.05, 0) is 36.2 Å². The van der Waals surface area contributed by atoms with Gasteiger partial charge in [0.2, 0.25) is 15.9 Å². The zero-order valence-corrected chi connectivity index (χ0v) is 18.3. The van der Waals surface area contributed by atoms with Crippen LogP contribution in [0.3, 0.4) is 0 Å². The lowest BCUT2D eigenvalue weighted by Gasteiger charge is -2.29. The number of carbonyl (C=O) groups excluding carboxylic acids is 1. The molecule has 0 saturated heterocycles. The van der Waals surface area contributed by atoms with E-state index in [9.17, 15) is 17.6 Å². The van der Waals surface area contributed by atoms with Crippen molar-refractivity contribution in [3.63, 3.8) is 0 Å². The van der Waals surface area contributed by atoms with Crippen LogP contribution in [0.4, 0.5) is 10.1 Å². The number of anilines is 1. The third-order valence-electron chi connectivity index (χ3n) is 4.98. The van der Waals surface area contributed by atoms with E-state index in [0.29, 0.717) is 35.0 Å². The van der Waals surface area contributed by atoms with Gasteiger partial charge in [-0.2, -0.15) is 4.98 Å². The molecule has 1 aromatic heterocycles. The monoisotopic (exact) mass is 460 g/mol. The zero-order valence-electron chi connectivity index (χ0n) is 17.5. The van der Waals surface area contributed by atoms with Crippen molar-refractivity contribution in [1.29, 1.82) is 0 Å². The van der Waals surface area contributed by atoms with E-state index >= 15 is 0 Å². The van der Waals surface area contributed by atoms with E-state index in [1.54, 1.807) is 13.0 Å². The molecule has 0 fully saturated rings. The number of ether oxygens (including phenoxy) is 1. The van der Waals surface area contributed by atoms with Crippen LogP contribution in [-0.2, 0) is 34.3 Å². The Kier molecular flexibility index (Phi) is 5.94. The number of benzene rings is 2. The van der Waals surface area contributed by atoms with E-state index in [0.717, 1.165) is 0 Å². The van der Waals surface area contributed by atoms with Crippen molar-refractivity contribution in [3.05, 3.63) is 65.1 Å². The molecule has 1 aliphatic heterocycles. The van der Waals surface area contributed by atoms with Gasteiger partial charge in [-0.3, -0.25) is 9.69 Å². The Morgan fingerprint density at radius 1 is 1.22 bits per heavy atom. The van der Waals surface area contributed by atoms with Crippen LogP contribution in [0.25, 0.3) is 0 Å². The van der Waals surface area contributed by atoms with E-state index in [1.807, 2.05) is 6.92 Å². The second-order valence-corrected chi connectivity index (χ2v) is 9.00. The maximum Gasteiger partial charge on any atom is 0.265 e. The summed E-state index contributed by atoms with van der Waals surface area (Å²) in [7, 11) is -3.89. The number of hydrogen-bond donors (Lipinski definition) is 1. The Bertz CT molecular complexity index is 1260. The van der Waals surface area contributed by atoms with Gasteiger partial charge in [0.15, 0.2) is 12.4 Å². The Labute approximate surface area is 184 Å². The summed E-state index contributed by atoms with van der Waals surface area (Å²) in [5.41, 5.74) is 1.48. The van der Waals surface area contributed by atoms with Gasteiger partial charge < -0.3 is 9.26 Å². The van der Waals surface area contributed by atoms with Gasteiger partial charge in [-0.1, -0.05) is 24.2 Å². The highest BCUT2D eigenvalue weighted by Gasteiger charge is 2.30. The van der Waals surface area contributed by atoms with Gasteiger partial charge in [0.25, 0.3) is 5.91 Å². The van der Waals surface area contributed by atoms with Crippen molar-refractivity contribution in [2.24, 2.45) is 0 Å². The van der Waals surface area contributed by atoms with Crippen molar-refractivity contribution in [2.75, 3.05) is 11.5 Å². The number of amides is 1. The molecule has 0 saturated carbocycles. The van der Waals surface area contributed by atoms with Crippen LogP contribution >= 0.6 is 0 Å². The van der Waals surface area contributed by atoms with Crippen molar-refractivity contribution >= 4 is 21.6 Å². The van der Waals surface area contributed by atoms with E-state index in [2.05, 4.69) is 14.9 Å². The average Bonchev–Trinajstić information content (AvgIpc) is 3.23. The molecule has 9 nitrogen and oxygen atoms in total. The molecule has 0 spiro atoms. The smallest absolute Gasteiger partial charge is 0.265 e. The second-order valence-electron chi connectivity index (χ2n) is 7.26. The number of hydrogen-bond acceptors (Lipinski definition) is 7. The maximum absolute atomic E-state index is 13.1. The molecule has 2 heterocycles. The normalized spacial score (nSPS) is 13.7. The van der Waals surface area contributed by atoms with Gasteiger partial charge in [0, 0.05) is 19.0 Å². The van der Waals surface area contributed by atoms with Crippen molar-refractivity contribution in [1.82, 2.24) is 14.9 Å². The summed E-state index contributed by atoms with van der Waals surface area (Å²) < 4.78 is 52.0. The first-order valence-corrected chi connectivity index (χ1v) is 11.4. The van der Waals surface area contributed by atoms with Crippen molar-refractivity contribution in [3.8, 4) is 5.75 Å². The number of aryl methyl sites for hydroxylation is 2. The lowest BCUT2D eigenvalue weighted by molar-refractivity contribution is -0.121. The minimum absolute atomic E-state index is 0.00218. The molecule has 0 aliphatic carbocycles. The van der Waals surface area contributed by atoms with E-state index in [-0.39, 0.29) is 36.2 Å². The lowest BCUT2D eigenvalue weighted by atomic mass is 10.1. The summed E-state index contributed by atoms with van der Waals surface area (Å²) in [6.07, 6.45) is 0.575. The largest absolute Gasteiger partial charge is 0.482 e. The summed E-state index contributed by atoms with van der Waals surface area (Å²) in [6, 6.07) is 8.52. The van der Waals surface area contributed by atoms with Crippen LogP contribution in [0, 0.1) is 12.7 Å². The topological polar surface area (TPSA) is 115 Å². The fourth-order valence-electron chi connectivity index (χ4n) is 3.29. The Morgan fingerprint density at radius 2 is 1.97 bits per heavy atom. The number of aromatic nitrogens is 2. The van der Waals surface area contributed by atoms with E-state index < -0.39 is 15.8 Å². The molecule has 32 heavy (non-hydrogen) atoms. The SMILES string of the molecule is CCc1nc(CN2C(=O)COc3cc(S(=O)(=O)NCc4ccc(F)cc4)c(C)cc32)no1. The fourth-order valence-corrected chi connectivity index (χ4v) is 4.55. The Balaban J connectivity index is 1.59. The second kappa shape index (κ2) is 8.67. The highest BCUT2D eigenvalue weighted by molar-refractivity contribution is 7.89. The Morgan fingerprint density at radius 3 is 2.66 bits per heavy atom. The predicted molar refractivity (Wildman–Crippen MR) is 112 cm³/mol. The summed E-state index contributed by atoms with van der Waals surface area (Å²) in [4.78, 5) is 18.2. The summed E-state index contributed by atoms with van der Waals surface area (Å²) >= 11 is 0. The van der Waals surface area contributed by atoms with Gasteiger partial charge in [-0.15, -0.1) is 0 Å². The number of nitrogens with zero attached hydrogens (tertiary/aromatic N) is 3. The van der Waals surface area contributed by atoms with Crippen LogP contribution < -0.4 is 14.4 Å².